The summed E-state index contributed by atoms with van der Waals surface area (Å²) in [5, 5.41) is 2.95. The van der Waals surface area contributed by atoms with E-state index >= 15 is 0 Å². The SMILES string of the molecule is COc1ncc(-c2ccc(C(=O)NCC3CC3)cc2)c(OC)n1. The Kier molecular flexibility index (Phi) is 4.41. The molecule has 1 amide bonds. The lowest BCUT2D eigenvalue weighted by molar-refractivity contribution is 0.0952. The van der Waals surface area contributed by atoms with E-state index in [-0.39, 0.29) is 11.9 Å². The molecule has 1 saturated carbocycles. The van der Waals surface area contributed by atoms with Gasteiger partial charge in [-0.3, -0.25) is 4.79 Å². The summed E-state index contributed by atoms with van der Waals surface area (Å²) in [6.07, 6.45) is 4.08. The van der Waals surface area contributed by atoms with Crippen molar-refractivity contribution in [1.29, 1.82) is 0 Å². The van der Waals surface area contributed by atoms with Crippen molar-refractivity contribution >= 4 is 5.91 Å². The molecule has 1 aliphatic rings. The van der Waals surface area contributed by atoms with E-state index in [0.29, 0.717) is 17.4 Å². The Bertz CT molecular complexity index is 697. The molecule has 1 fully saturated rings. The van der Waals surface area contributed by atoms with Gasteiger partial charge in [0.15, 0.2) is 0 Å². The predicted molar refractivity (Wildman–Crippen MR) is 85.6 cm³/mol. The second-order valence-electron chi connectivity index (χ2n) is 5.51. The molecule has 1 aromatic carbocycles. The van der Waals surface area contributed by atoms with Crippen molar-refractivity contribution in [2.45, 2.75) is 12.8 Å². The van der Waals surface area contributed by atoms with Crippen LogP contribution < -0.4 is 14.8 Å². The predicted octanol–water partition coefficient (Wildman–Crippen LogP) is 2.30. The number of hydrogen-bond donors (Lipinski definition) is 1. The fraction of sp³-hybridized carbons (Fsp3) is 0.353. The van der Waals surface area contributed by atoms with Crippen LogP contribution in [-0.2, 0) is 0 Å². The maximum atomic E-state index is 12.1. The molecule has 1 aromatic heterocycles. The van der Waals surface area contributed by atoms with E-state index < -0.39 is 0 Å². The zero-order valence-electron chi connectivity index (χ0n) is 13.2. The van der Waals surface area contributed by atoms with Gasteiger partial charge in [0.05, 0.1) is 19.8 Å². The molecule has 0 atom stereocenters. The van der Waals surface area contributed by atoms with Crippen LogP contribution in [0, 0.1) is 5.92 Å². The first-order valence-corrected chi connectivity index (χ1v) is 7.55. The molecule has 120 valence electrons. The van der Waals surface area contributed by atoms with E-state index in [1.165, 1.54) is 20.0 Å². The van der Waals surface area contributed by atoms with Crippen LogP contribution in [0.1, 0.15) is 23.2 Å². The minimum absolute atomic E-state index is 0.0404. The van der Waals surface area contributed by atoms with E-state index in [1.54, 1.807) is 25.4 Å². The second kappa shape index (κ2) is 6.64. The molecule has 23 heavy (non-hydrogen) atoms. The summed E-state index contributed by atoms with van der Waals surface area (Å²) < 4.78 is 10.3. The normalized spacial score (nSPS) is 13.5. The van der Waals surface area contributed by atoms with Crippen molar-refractivity contribution in [3.05, 3.63) is 36.0 Å². The summed E-state index contributed by atoms with van der Waals surface area (Å²) in [4.78, 5) is 20.3. The molecule has 1 heterocycles. The van der Waals surface area contributed by atoms with Crippen LogP contribution in [0.5, 0.6) is 11.9 Å². The van der Waals surface area contributed by atoms with E-state index in [4.69, 9.17) is 9.47 Å². The van der Waals surface area contributed by atoms with E-state index in [2.05, 4.69) is 15.3 Å². The van der Waals surface area contributed by atoms with Gasteiger partial charge in [-0.15, -0.1) is 0 Å². The number of benzene rings is 1. The molecule has 0 saturated heterocycles. The molecule has 0 aliphatic heterocycles. The molecule has 1 N–H and O–H groups in total. The molecule has 0 bridgehead atoms. The van der Waals surface area contributed by atoms with Crippen molar-refractivity contribution in [2.75, 3.05) is 20.8 Å². The molecule has 0 spiro atoms. The fourth-order valence-corrected chi connectivity index (χ4v) is 2.27. The highest BCUT2D eigenvalue weighted by Gasteiger charge is 2.21. The lowest BCUT2D eigenvalue weighted by atomic mass is 10.1. The molecule has 6 nitrogen and oxygen atoms in total. The van der Waals surface area contributed by atoms with Crippen LogP contribution in [0.25, 0.3) is 11.1 Å². The van der Waals surface area contributed by atoms with Gasteiger partial charge in [0.1, 0.15) is 0 Å². The Morgan fingerprint density at radius 2 is 1.96 bits per heavy atom. The third-order valence-corrected chi connectivity index (χ3v) is 3.81. The van der Waals surface area contributed by atoms with Crippen LogP contribution in [0.2, 0.25) is 0 Å². The summed E-state index contributed by atoms with van der Waals surface area (Å²) in [6, 6.07) is 7.56. The molecular formula is C17H19N3O3. The Hall–Kier alpha value is -2.63. The highest BCUT2D eigenvalue weighted by molar-refractivity contribution is 5.94. The number of nitrogens with zero attached hydrogens (tertiary/aromatic N) is 2. The Labute approximate surface area is 134 Å². The number of rotatable bonds is 6. The lowest BCUT2D eigenvalue weighted by Gasteiger charge is -2.09. The van der Waals surface area contributed by atoms with Crippen molar-refractivity contribution in [1.82, 2.24) is 15.3 Å². The van der Waals surface area contributed by atoms with Crippen LogP contribution >= 0.6 is 0 Å². The Morgan fingerprint density at radius 1 is 1.22 bits per heavy atom. The molecule has 1 aliphatic carbocycles. The number of hydrogen-bond acceptors (Lipinski definition) is 5. The molecule has 0 unspecified atom stereocenters. The van der Waals surface area contributed by atoms with E-state index in [9.17, 15) is 4.79 Å². The smallest absolute Gasteiger partial charge is 0.319 e. The number of carbonyl (C=O) groups excluding carboxylic acids is 1. The average molecular weight is 313 g/mol. The Balaban J connectivity index is 1.77. The van der Waals surface area contributed by atoms with Crippen LogP contribution in [0.15, 0.2) is 30.5 Å². The number of aromatic nitrogens is 2. The van der Waals surface area contributed by atoms with Gasteiger partial charge in [0, 0.05) is 18.3 Å². The van der Waals surface area contributed by atoms with E-state index in [0.717, 1.165) is 17.7 Å². The molecule has 6 heteroatoms. The first kappa shape index (κ1) is 15.3. The van der Waals surface area contributed by atoms with Crippen molar-refractivity contribution in [3.8, 4) is 23.0 Å². The van der Waals surface area contributed by atoms with Crippen LogP contribution in [0.3, 0.4) is 0 Å². The molecular weight excluding hydrogens is 294 g/mol. The summed E-state index contributed by atoms with van der Waals surface area (Å²) in [5.41, 5.74) is 2.27. The largest absolute Gasteiger partial charge is 0.480 e. The standard InChI is InChI=1S/C17H19N3O3/c1-22-16-14(10-19-17(20-16)23-2)12-5-7-13(8-6-12)15(21)18-9-11-3-4-11/h5-8,10-11H,3-4,9H2,1-2H3,(H,18,21). The van der Waals surface area contributed by atoms with Gasteiger partial charge in [0.2, 0.25) is 5.88 Å². The quantitative estimate of drug-likeness (QED) is 0.886. The number of methoxy groups -OCH3 is 2. The lowest BCUT2D eigenvalue weighted by Crippen LogP contribution is -2.25. The number of amides is 1. The summed E-state index contributed by atoms with van der Waals surface area (Å²) in [6.45, 7) is 0.765. The summed E-state index contributed by atoms with van der Waals surface area (Å²) >= 11 is 0. The van der Waals surface area contributed by atoms with Gasteiger partial charge in [-0.25, -0.2) is 4.98 Å². The second-order valence-corrected chi connectivity index (χ2v) is 5.51. The first-order chi connectivity index (χ1) is 11.2. The maximum Gasteiger partial charge on any atom is 0.319 e. The van der Waals surface area contributed by atoms with Gasteiger partial charge in [-0.05, 0) is 36.5 Å². The Morgan fingerprint density at radius 3 is 2.57 bits per heavy atom. The minimum atomic E-state index is -0.0404. The highest BCUT2D eigenvalue weighted by atomic mass is 16.5. The third-order valence-electron chi connectivity index (χ3n) is 3.81. The summed E-state index contributed by atoms with van der Waals surface area (Å²) in [5.74, 6) is 1.06. The monoisotopic (exact) mass is 313 g/mol. The molecule has 0 radical (unpaired) electrons. The minimum Gasteiger partial charge on any atom is -0.480 e. The van der Waals surface area contributed by atoms with Crippen LogP contribution in [-0.4, -0.2) is 36.6 Å². The maximum absolute atomic E-state index is 12.1. The van der Waals surface area contributed by atoms with Crippen molar-refractivity contribution in [3.63, 3.8) is 0 Å². The fourth-order valence-electron chi connectivity index (χ4n) is 2.27. The van der Waals surface area contributed by atoms with Crippen molar-refractivity contribution < 1.29 is 14.3 Å². The number of nitrogens with one attached hydrogen (secondary N) is 1. The zero-order valence-corrected chi connectivity index (χ0v) is 13.2. The number of carbonyl (C=O) groups is 1. The zero-order chi connectivity index (χ0) is 16.2. The van der Waals surface area contributed by atoms with E-state index in [1.807, 2.05) is 12.1 Å². The average Bonchev–Trinajstić information content (AvgIpc) is 3.43. The van der Waals surface area contributed by atoms with Gasteiger partial charge in [0.25, 0.3) is 5.91 Å². The van der Waals surface area contributed by atoms with Gasteiger partial charge in [-0.1, -0.05) is 12.1 Å². The molecule has 3 rings (SSSR count). The third kappa shape index (κ3) is 3.59. The first-order valence-electron chi connectivity index (χ1n) is 7.55. The molecule has 2 aromatic rings. The highest BCUT2D eigenvalue weighted by Crippen LogP contribution is 2.29. The number of ether oxygens (including phenoxy) is 2. The van der Waals surface area contributed by atoms with Crippen LogP contribution in [0.4, 0.5) is 0 Å². The van der Waals surface area contributed by atoms with Crippen molar-refractivity contribution in [2.24, 2.45) is 5.92 Å². The summed E-state index contributed by atoms with van der Waals surface area (Å²) in [7, 11) is 3.05. The van der Waals surface area contributed by atoms with Gasteiger partial charge < -0.3 is 14.8 Å². The van der Waals surface area contributed by atoms with Gasteiger partial charge >= 0.3 is 6.01 Å². The topological polar surface area (TPSA) is 73.3 Å². The van der Waals surface area contributed by atoms with Gasteiger partial charge in [-0.2, -0.15) is 4.98 Å².